The van der Waals surface area contributed by atoms with Crippen molar-refractivity contribution in [2.75, 3.05) is 26.3 Å². The molecule has 1 aromatic rings. The minimum Gasteiger partial charge on any atom is -0.379 e. The molecule has 1 saturated heterocycles. The molecule has 26 heavy (non-hydrogen) atoms. The highest BCUT2D eigenvalue weighted by Gasteiger charge is 2.45. The number of morpholine rings is 1. The molecule has 10 heteroatoms. The van der Waals surface area contributed by atoms with Crippen LogP contribution in [0.1, 0.15) is 32.6 Å². The van der Waals surface area contributed by atoms with Crippen molar-refractivity contribution in [1.82, 2.24) is 19.4 Å². The van der Waals surface area contributed by atoms with E-state index in [4.69, 9.17) is 4.74 Å². The highest BCUT2D eigenvalue weighted by molar-refractivity contribution is 7.89. The van der Waals surface area contributed by atoms with Crippen LogP contribution in [0.3, 0.4) is 0 Å². The predicted octanol–water partition coefficient (Wildman–Crippen LogP) is 1.46. The SMILES string of the molecule is CC(NS(=O)(=O)c1cnn(CC(F)F)c1)C1(N2CCOCC2)CCCC1. The van der Waals surface area contributed by atoms with Crippen molar-refractivity contribution in [3.63, 3.8) is 0 Å². The summed E-state index contributed by atoms with van der Waals surface area (Å²) in [5.74, 6) is 0. The monoisotopic (exact) mass is 392 g/mol. The quantitative estimate of drug-likeness (QED) is 0.760. The molecule has 1 aliphatic heterocycles. The first-order valence-corrected chi connectivity index (χ1v) is 10.5. The van der Waals surface area contributed by atoms with Crippen molar-refractivity contribution in [2.45, 2.75) is 62.1 Å². The number of nitrogens with zero attached hydrogens (tertiary/aromatic N) is 3. The Morgan fingerprint density at radius 1 is 1.31 bits per heavy atom. The van der Waals surface area contributed by atoms with Gasteiger partial charge in [-0.2, -0.15) is 5.10 Å². The molecule has 0 spiro atoms. The molecule has 3 rings (SSSR count). The zero-order chi connectivity index (χ0) is 18.8. The van der Waals surface area contributed by atoms with Gasteiger partial charge < -0.3 is 4.74 Å². The summed E-state index contributed by atoms with van der Waals surface area (Å²) in [7, 11) is -3.82. The maximum Gasteiger partial charge on any atom is 0.257 e. The number of halogens is 2. The normalized spacial score (nSPS) is 22.8. The van der Waals surface area contributed by atoms with Crippen molar-refractivity contribution in [2.24, 2.45) is 0 Å². The second-order valence-electron chi connectivity index (χ2n) is 7.04. The highest BCUT2D eigenvalue weighted by atomic mass is 32.2. The van der Waals surface area contributed by atoms with Gasteiger partial charge in [-0.15, -0.1) is 0 Å². The van der Waals surface area contributed by atoms with Gasteiger partial charge in [0.05, 0.1) is 19.4 Å². The van der Waals surface area contributed by atoms with E-state index in [1.807, 2.05) is 6.92 Å². The lowest BCUT2D eigenvalue weighted by atomic mass is 9.87. The molecular weight excluding hydrogens is 366 g/mol. The Labute approximate surface area is 152 Å². The van der Waals surface area contributed by atoms with E-state index in [2.05, 4.69) is 14.7 Å². The van der Waals surface area contributed by atoms with Crippen molar-refractivity contribution in [3.8, 4) is 0 Å². The number of nitrogens with one attached hydrogen (secondary N) is 1. The third-order valence-electron chi connectivity index (χ3n) is 5.49. The fourth-order valence-corrected chi connectivity index (χ4v) is 5.42. The minimum atomic E-state index is -3.82. The smallest absolute Gasteiger partial charge is 0.257 e. The average molecular weight is 392 g/mol. The summed E-state index contributed by atoms with van der Waals surface area (Å²) in [6.07, 6.45) is 3.68. The van der Waals surface area contributed by atoms with Gasteiger partial charge in [-0.1, -0.05) is 12.8 Å². The summed E-state index contributed by atoms with van der Waals surface area (Å²) in [5.41, 5.74) is -0.226. The molecule has 1 atom stereocenters. The lowest BCUT2D eigenvalue weighted by molar-refractivity contribution is -0.0304. The Kier molecular flexibility index (Phi) is 5.95. The van der Waals surface area contributed by atoms with Crippen LogP contribution < -0.4 is 4.72 Å². The van der Waals surface area contributed by atoms with Crippen LogP contribution in [0.25, 0.3) is 0 Å². The maximum absolute atomic E-state index is 12.7. The van der Waals surface area contributed by atoms with Gasteiger partial charge in [0, 0.05) is 30.9 Å². The van der Waals surface area contributed by atoms with Crippen molar-refractivity contribution in [3.05, 3.63) is 12.4 Å². The van der Waals surface area contributed by atoms with Gasteiger partial charge >= 0.3 is 0 Å². The molecule has 0 amide bonds. The molecule has 1 N–H and O–H groups in total. The van der Waals surface area contributed by atoms with Crippen LogP contribution >= 0.6 is 0 Å². The Hall–Kier alpha value is -1.10. The molecule has 2 heterocycles. The van der Waals surface area contributed by atoms with E-state index in [0.29, 0.717) is 13.2 Å². The molecular formula is C16H26F2N4O3S. The van der Waals surface area contributed by atoms with E-state index in [1.54, 1.807) is 0 Å². The second-order valence-corrected chi connectivity index (χ2v) is 8.76. The van der Waals surface area contributed by atoms with Gasteiger partial charge in [-0.3, -0.25) is 9.58 Å². The van der Waals surface area contributed by atoms with Crippen molar-refractivity contribution in [1.29, 1.82) is 0 Å². The first-order valence-electron chi connectivity index (χ1n) is 8.99. The first kappa shape index (κ1) is 19.7. The number of hydrogen-bond donors (Lipinski definition) is 1. The predicted molar refractivity (Wildman–Crippen MR) is 91.6 cm³/mol. The average Bonchev–Trinajstić information content (AvgIpc) is 3.25. The summed E-state index contributed by atoms with van der Waals surface area (Å²) >= 11 is 0. The van der Waals surface area contributed by atoms with Crippen LogP contribution in [0, 0.1) is 0 Å². The number of aromatic nitrogens is 2. The molecule has 1 aromatic heterocycles. The third-order valence-corrected chi connectivity index (χ3v) is 6.99. The zero-order valence-corrected chi connectivity index (χ0v) is 15.7. The Balaban J connectivity index is 1.75. The molecule has 0 radical (unpaired) electrons. The molecule has 1 saturated carbocycles. The summed E-state index contributed by atoms with van der Waals surface area (Å²) in [6, 6.07) is -0.299. The molecule has 0 aromatic carbocycles. The summed E-state index contributed by atoms with van der Waals surface area (Å²) < 4.78 is 59.5. The number of sulfonamides is 1. The number of rotatable bonds is 7. The van der Waals surface area contributed by atoms with E-state index in [0.717, 1.165) is 55.8 Å². The number of ether oxygens (including phenoxy) is 1. The van der Waals surface area contributed by atoms with Gasteiger partial charge in [0.2, 0.25) is 10.0 Å². The van der Waals surface area contributed by atoms with Gasteiger partial charge in [-0.05, 0) is 19.8 Å². The summed E-state index contributed by atoms with van der Waals surface area (Å²) in [6.45, 7) is 4.16. The second kappa shape index (κ2) is 7.87. The van der Waals surface area contributed by atoms with E-state index < -0.39 is 23.0 Å². The standard InChI is InChI=1S/C16H26F2N4O3S/c1-13(16(4-2-3-5-16)21-6-8-25-9-7-21)20-26(23,24)14-10-19-22(11-14)12-15(17)18/h10-11,13,15,20H,2-9,12H2,1H3. The molecule has 0 bridgehead atoms. The van der Waals surface area contributed by atoms with E-state index in [1.165, 1.54) is 0 Å². The number of hydrogen-bond acceptors (Lipinski definition) is 5. The maximum atomic E-state index is 12.7. The topological polar surface area (TPSA) is 76.5 Å². The van der Waals surface area contributed by atoms with E-state index >= 15 is 0 Å². The molecule has 1 unspecified atom stereocenters. The van der Waals surface area contributed by atoms with Gasteiger partial charge in [0.1, 0.15) is 11.4 Å². The molecule has 7 nitrogen and oxygen atoms in total. The Bertz CT molecular complexity index is 698. The van der Waals surface area contributed by atoms with Crippen LogP contribution in [0.15, 0.2) is 17.3 Å². The fourth-order valence-electron chi connectivity index (χ4n) is 4.15. The highest BCUT2D eigenvalue weighted by Crippen LogP contribution is 2.39. The molecule has 1 aliphatic carbocycles. The third kappa shape index (κ3) is 4.08. The van der Waals surface area contributed by atoms with Crippen molar-refractivity contribution >= 4 is 10.0 Å². The lowest BCUT2D eigenvalue weighted by Gasteiger charge is -2.47. The lowest BCUT2D eigenvalue weighted by Crippen LogP contribution is -2.62. The van der Waals surface area contributed by atoms with E-state index in [9.17, 15) is 17.2 Å². The molecule has 2 fully saturated rings. The summed E-state index contributed by atoms with van der Waals surface area (Å²) in [5, 5.41) is 3.73. The Morgan fingerprint density at radius 3 is 2.58 bits per heavy atom. The zero-order valence-electron chi connectivity index (χ0n) is 14.9. The molecule has 148 valence electrons. The van der Waals surface area contributed by atoms with E-state index in [-0.39, 0.29) is 16.5 Å². The van der Waals surface area contributed by atoms with Gasteiger partial charge in [0.15, 0.2) is 0 Å². The van der Waals surface area contributed by atoms with Gasteiger partial charge in [-0.25, -0.2) is 21.9 Å². The minimum absolute atomic E-state index is 0.0832. The van der Waals surface area contributed by atoms with Gasteiger partial charge in [0.25, 0.3) is 6.43 Å². The van der Waals surface area contributed by atoms with Crippen LogP contribution in [0.4, 0.5) is 8.78 Å². The number of alkyl halides is 2. The first-order chi connectivity index (χ1) is 12.3. The Morgan fingerprint density at radius 2 is 1.96 bits per heavy atom. The van der Waals surface area contributed by atoms with Crippen LogP contribution in [0.2, 0.25) is 0 Å². The van der Waals surface area contributed by atoms with Crippen LogP contribution in [-0.4, -0.2) is 67.4 Å². The summed E-state index contributed by atoms with van der Waals surface area (Å²) in [4.78, 5) is 2.26. The largest absolute Gasteiger partial charge is 0.379 e. The van der Waals surface area contributed by atoms with Crippen LogP contribution in [-0.2, 0) is 21.3 Å². The van der Waals surface area contributed by atoms with Crippen molar-refractivity contribution < 1.29 is 21.9 Å². The van der Waals surface area contributed by atoms with Crippen LogP contribution in [0.5, 0.6) is 0 Å². The fraction of sp³-hybridized carbons (Fsp3) is 0.812. The molecule has 2 aliphatic rings.